The first-order valence-corrected chi connectivity index (χ1v) is 10.6. The predicted octanol–water partition coefficient (Wildman–Crippen LogP) is 5.40. The predicted molar refractivity (Wildman–Crippen MR) is 125 cm³/mol. The maximum absolute atomic E-state index is 13.2. The van der Waals surface area contributed by atoms with Crippen molar-refractivity contribution in [1.29, 1.82) is 0 Å². The minimum absolute atomic E-state index is 0.195. The van der Waals surface area contributed by atoms with Gasteiger partial charge in [-0.15, -0.1) is 0 Å². The molecule has 160 valence electrons. The summed E-state index contributed by atoms with van der Waals surface area (Å²) in [6.45, 7) is 5.38. The van der Waals surface area contributed by atoms with Crippen LogP contribution in [0.25, 0.3) is 11.1 Å². The maximum atomic E-state index is 13.2. The number of carbonyl (C=O) groups is 1. The molecular formula is C26H24N4O2. The molecule has 1 N–H and O–H groups in total. The van der Waals surface area contributed by atoms with Crippen molar-refractivity contribution in [2.75, 3.05) is 5.32 Å². The second kappa shape index (κ2) is 8.23. The van der Waals surface area contributed by atoms with Gasteiger partial charge in [0.1, 0.15) is 5.69 Å². The van der Waals surface area contributed by atoms with E-state index in [0.717, 1.165) is 16.6 Å². The van der Waals surface area contributed by atoms with Gasteiger partial charge in [0.05, 0.1) is 30.2 Å². The van der Waals surface area contributed by atoms with E-state index in [4.69, 9.17) is 4.42 Å². The SMILES string of the molecule is Cc1ccc(Cn2cc(NC(=O)c3cc4occc4n3Cc3ccccc3C)cn2)cc1. The highest BCUT2D eigenvalue weighted by molar-refractivity contribution is 6.05. The molecule has 6 heteroatoms. The number of fused-ring (bicyclic) bond motifs is 1. The summed E-state index contributed by atoms with van der Waals surface area (Å²) in [5, 5.41) is 7.37. The number of amides is 1. The van der Waals surface area contributed by atoms with Crippen LogP contribution in [-0.2, 0) is 13.1 Å². The minimum Gasteiger partial charge on any atom is -0.463 e. The van der Waals surface area contributed by atoms with E-state index in [9.17, 15) is 4.79 Å². The van der Waals surface area contributed by atoms with Crippen molar-refractivity contribution in [2.24, 2.45) is 0 Å². The summed E-state index contributed by atoms with van der Waals surface area (Å²) in [5.41, 5.74) is 7.52. The summed E-state index contributed by atoms with van der Waals surface area (Å²) >= 11 is 0. The summed E-state index contributed by atoms with van der Waals surface area (Å²) in [7, 11) is 0. The highest BCUT2D eigenvalue weighted by Crippen LogP contribution is 2.24. The molecule has 0 aliphatic rings. The molecule has 5 rings (SSSR count). The van der Waals surface area contributed by atoms with Crippen LogP contribution in [0.3, 0.4) is 0 Å². The Morgan fingerprint density at radius 1 is 1.03 bits per heavy atom. The second-order valence-electron chi connectivity index (χ2n) is 8.08. The molecule has 0 spiro atoms. The Balaban J connectivity index is 1.37. The summed E-state index contributed by atoms with van der Waals surface area (Å²) < 4.78 is 9.38. The van der Waals surface area contributed by atoms with Crippen molar-refractivity contribution in [3.63, 3.8) is 0 Å². The number of anilines is 1. The monoisotopic (exact) mass is 424 g/mol. The number of benzene rings is 2. The number of rotatable bonds is 6. The van der Waals surface area contributed by atoms with E-state index >= 15 is 0 Å². The van der Waals surface area contributed by atoms with E-state index in [1.54, 1.807) is 18.5 Å². The van der Waals surface area contributed by atoms with E-state index in [2.05, 4.69) is 60.7 Å². The fraction of sp³-hybridized carbons (Fsp3) is 0.154. The Labute approximate surface area is 186 Å². The Bertz CT molecular complexity index is 1390. The lowest BCUT2D eigenvalue weighted by Crippen LogP contribution is -2.17. The van der Waals surface area contributed by atoms with Crippen molar-refractivity contribution >= 4 is 22.7 Å². The van der Waals surface area contributed by atoms with E-state index in [1.165, 1.54) is 11.1 Å². The second-order valence-corrected chi connectivity index (χ2v) is 8.08. The number of hydrogen-bond donors (Lipinski definition) is 1. The van der Waals surface area contributed by atoms with Gasteiger partial charge < -0.3 is 14.3 Å². The van der Waals surface area contributed by atoms with Crippen molar-refractivity contribution in [3.05, 3.63) is 107 Å². The zero-order chi connectivity index (χ0) is 22.1. The molecule has 5 aromatic rings. The Morgan fingerprint density at radius 3 is 2.66 bits per heavy atom. The number of carbonyl (C=O) groups excluding carboxylic acids is 1. The Kier molecular flexibility index (Phi) is 5.11. The number of hydrogen-bond acceptors (Lipinski definition) is 3. The fourth-order valence-electron chi connectivity index (χ4n) is 3.88. The first-order chi connectivity index (χ1) is 15.6. The standard InChI is InChI=1S/C26H24N4O2/c1-18-7-9-20(10-8-18)15-29-17-22(14-27-29)28-26(31)24-13-25-23(11-12-32-25)30(24)16-21-6-4-3-5-19(21)2/h3-14,17H,15-16H2,1-2H3,(H,28,31). The van der Waals surface area contributed by atoms with Crippen LogP contribution in [0.2, 0.25) is 0 Å². The van der Waals surface area contributed by atoms with Crippen LogP contribution in [0.1, 0.15) is 32.7 Å². The van der Waals surface area contributed by atoms with E-state index in [0.29, 0.717) is 30.1 Å². The van der Waals surface area contributed by atoms with Gasteiger partial charge in [-0.25, -0.2) is 0 Å². The number of aromatic nitrogens is 3. The van der Waals surface area contributed by atoms with Crippen molar-refractivity contribution in [2.45, 2.75) is 26.9 Å². The topological polar surface area (TPSA) is 65.0 Å². The van der Waals surface area contributed by atoms with Gasteiger partial charge in [-0.2, -0.15) is 5.10 Å². The van der Waals surface area contributed by atoms with Crippen LogP contribution in [-0.4, -0.2) is 20.3 Å². The zero-order valence-electron chi connectivity index (χ0n) is 18.1. The van der Waals surface area contributed by atoms with Gasteiger partial charge in [0.25, 0.3) is 5.91 Å². The molecule has 0 radical (unpaired) electrons. The fourth-order valence-corrected chi connectivity index (χ4v) is 3.88. The molecule has 0 saturated heterocycles. The van der Waals surface area contributed by atoms with Crippen LogP contribution in [0.5, 0.6) is 0 Å². The summed E-state index contributed by atoms with van der Waals surface area (Å²) in [5.74, 6) is -0.195. The molecular weight excluding hydrogens is 400 g/mol. The molecule has 0 aliphatic carbocycles. The molecule has 2 aromatic carbocycles. The van der Waals surface area contributed by atoms with E-state index in [1.807, 2.05) is 33.6 Å². The molecule has 6 nitrogen and oxygen atoms in total. The van der Waals surface area contributed by atoms with Gasteiger partial charge in [-0.3, -0.25) is 9.48 Å². The number of nitrogens with one attached hydrogen (secondary N) is 1. The summed E-state index contributed by atoms with van der Waals surface area (Å²) in [4.78, 5) is 13.2. The Morgan fingerprint density at radius 2 is 1.84 bits per heavy atom. The van der Waals surface area contributed by atoms with Crippen LogP contribution >= 0.6 is 0 Å². The van der Waals surface area contributed by atoms with Crippen LogP contribution < -0.4 is 5.32 Å². The summed E-state index contributed by atoms with van der Waals surface area (Å²) in [6.07, 6.45) is 5.16. The first kappa shape index (κ1) is 19.9. The van der Waals surface area contributed by atoms with Crippen molar-refractivity contribution in [3.8, 4) is 0 Å². The van der Waals surface area contributed by atoms with Gasteiger partial charge in [0, 0.05) is 24.9 Å². The van der Waals surface area contributed by atoms with Gasteiger partial charge in [0.15, 0.2) is 5.58 Å². The zero-order valence-corrected chi connectivity index (χ0v) is 18.1. The molecule has 1 amide bonds. The van der Waals surface area contributed by atoms with Gasteiger partial charge in [-0.1, -0.05) is 54.1 Å². The third kappa shape index (κ3) is 3.95. The van der Waals surface area contributed by atoms with Crippen molar-refractivity contribution < 1.29 is 9.21 Å². The highest BCUT2D eigenvalue weighted by atomic mass is 16.3. The van der Waals surface area contributed by atoms with Gasteiger partial charge >= 0.3 is 0 Å². The van der Waals surface area contributed by atoms with Crippen LogP contribution in [0, 0.1) is 13.8 Å². The molecule has 32 heavy (non-hydrogen) atoms. The Hall–Kier alpha value is -4.06. The normalized spacial score (nSPS) is 11.2. The van der Waals surface area contributed by atoms with E-state index in [-0.39, 0.29) is 5.91 Å². The average Bonchev–Trinajstić information content (AvgIpc) is 3.49. The van der Waals surface area contributed by atoms with Crippen molar-refractivity contribution in [1.82, 2.24) is 14.3 Å². The lowest BCUT2D eigenvalue weighted by Gasteiger charge is -2.12. The van der Waals surface area contributed by atoms with Crippen LogP contribution in [0.15, 0.2) is 83.7 Å². The third-order valence-corrected chi connectivity index (χ3v) is 5.70. The quantitative estimate of drug-likeness (QED) is 0.397. The summed E-state index contributed by atoms with van der Waals surface area (Å²) in [6, 6.07) is 20.2. The highest BCUT2D eigenvalue weighted by Gasteiger charge is 2.19. The lowest BCUT2D eigenvalue weighted by molar-refractivity contribution is 0.101. The molecule has 0 unspecified atom stereocenters. The first-order valence-electron chi connectivity index (χ1n) is 10.6. The molecule has 3 heterocycles. The largest absolute Gasteiger partial charge is 0.463 e. The number of furan rings is 1. The lowest BCUT2D eigenvalue weighted by atomic mass is 10.1. The van der Waals surface area contributed by atoms with Gasteiger partial charge in [-0.05, 0) is 30.5 Å². The average molecular weight is 425 g/mol. The molecule has 0 bridgehead atoms. The third-order valence-electron chi connectivity index (χ3n) is 5.70. The smallest absolute Gasteiger partial charge is 0.272 e. The van der Waals surface area contributed by atoms with Crippen LogP contribution in [0.4, 0.5) is 5.69 Å². The number of nitrogens with zero attached hydrogens (tertiary/aromatic N) is 3. The molecule has 0 atom stereocenters. The van der Waals surface area contributed by atoms with E-state index < -0.39 is 0 Å². The maximum Gasteiger partial charge on any atom is 0.272 e. The molecule has 3 aromatic heterocycles. The van der Waals surface area contributed by atoms with Gasteiger partial charge in [0.2, 0.25) is 0 Å². The number of aryl methyl sites for hydroxylation is 2. The minimum atomic E-state index is -0.195. The molecule has 0 aliphatic heterocycles. The molecule has 0 fully saturated rings. The molecule has 0 saturated carbocycles.